The van der Waals surface area contributed by atoms with Gasteiger partial charge >= 0.3 is 0 Å². The Morgan fingerprint density at radius 1 is 1.20 bits per heavy atom. The number of ether oxygens (including phenoxy) is 1. The highest BCUT2D eigenvalue weighted by Gasteiger charge is 2.14. The largest absolute Gasteiger partial charge is 0.381 e. The molecule has 0 aliphatic rings. The molecule has 0 rings (SSSR count). The Morgan fingerprint density at radius 2 is 1.80 bits per heavy atom. The summed E-state index contributed by atoms with van der Waals surface area (Å²) < 4.78 is 5.44. The Morgan fingerprint density at radius 3 is 2.20 bits per heavy atom. The van der Waals surface area contributed by atoms with Crippen LogP contribution in [0, 0.1) is 5.41 Å². The molecule has 0 bridgehead atoms. The van der Waals surface area contributed by atoms with Gasteiger partial charge in [-0.2, -0.15) is 0 Å². The first-order chi connectivity index (χ1) is 4.62. The van der Waals surface area contributed by atoms with Crippen LogP contribution in [0.2, 0.25) is 0 Å². The third-order valence-electron chi connectivity index (χ3n) is 1.80. The molecule has 10 heavy (non-hydrogen) atoms. The van der Waals surface area contributed by atoms with E-state index in [4.69, 9.17) is 4.74 Å². The van der Waals surface area contributed by atoms with Crippen molar-refractivity contribution in [2.75, 3.05) is 13.2 Å². The third kappa shape index (κ3) is 4.80. The smallest absolute Gasteiger partial charge is 0.0517 e. The SMILES string of the molecule is CCCOCC(C)(C)CC. The molecular weight excluding hydrogens is 124 g/mol. The van der Waals surface area contributed by atoms with E-state index in [0.29, 0.717) is 5.41 Å². The summed E-state index contributed by atoms with van der Waals surface area (Å²) in [6.45, 7) is 10.6. The van der Waals surface area contributed by atoms with Crippen molar-refractivity contribution in [1.82, 2.24) is 0 Å². The number of rotatable bonds is 5. The first-order valence-electron chi connectivity index (χ1n) is 4.20. The summed E-state index contributed by atoms with van der Waals surface area (Å²) in [6, 6.07) is 0. The van der Waals surface area contributed by atoms with Crippen molar-refractivity contribution in [3.63, 3.8) is 0 Å². The fraction of sp³-hybridized carbons (Fsp3) is 1.00. The maximum atomic E-state index is 5.44. The van der Waals surface area contributed by atoms with Crippen LogP contribution in [0.4, 0.5) is 0 Å². The molecule has 1 nitrogen and oxygen atoms in total. The van der Waals surface area contributed by atoms with Crippen molar-refractivity contribution in [2.24, 2.45) is 5.41 Å². The topological polar surface area (TPSA) is 9.23 Å². The van der Waals surface area contributed by atoms with E-state index in [9.17, 15) is 0 Å². The van der Waals surface area contributed by atoms with Crippen molar-refractivity contribution < 1.29 is 4.74 Å². The van der Waals surface area contributed by atoms with E-state index in [-0.39, 0.29) is 0 Å². The van der Waals surface area contributed by atoms with Gasteiger partial charge in [-0.1, -0.05) is 27.7 Å². The molecule has 0 amide bonds. The summed E-state index contributed by atoms with van der Waals surface area (Å²) in [5.74, 6) is 0. The van der Waals surface area contributed by atoms with Crippen LogP contribution < -0.4 is 0 Å². The molecule has 62 valence electrons. The average Bonchev–Trinajstić information content (AvgIpc) is 1.89. The highest BCUT2D eigenvalue weighted by molar-refractivity contribution is 4.64. The van der Waals surface area contributed by atoms with Gasteiger partial charge in [0, 0.05) is 6.61 Å². The highest BCUT2D eigenvalue weighted by Crippen LogP contribution is 2.19. The fourth-order valence-corrected chi connectivity index (χ4v) is 0.595. The van der Waals surface area contributed by atoms with Gasteiger partial charge in [-0.15, -0.1) is 0 Å². The second kappa shape index (κ2) is 4.73. The molecule has 0 unspecified atom stereocenters. The molecule has 0 saturated carbocycles. The fourth-order valence-electron chi connectivity index (χ4n) is 0.595. The second-order valence-electron chi connectivity index (χ2n) is 3.57. The minimum Gasteiger partial charge on any atom is -0.381 e. The van der Waals surface area contributed by atoms with Gasteiger partial charge in [-0.25, -0.2) is 0 Å². The summed E-state index contributed by atoms with van der Waals surface area (Å²) in [6.07, 6.45) is 2.32. The molecule has 0 atom stereocenters. The lowest BCUT2D eigenvalue weighted by atomic mass is 9.92. The van der Waals surface area contributed by atoms with E-state index >= 15 is 0 Å². The molecule has 1 heteroatoms. The van der Waals surface area contributed by atoms with E-state index in [1.54, 1.807) is 0 Å². The van der Waals surface area contributed by atoms with Gasteiger partial charge in [0.25, 0.3) is 0 Å². The van der Waals surface area contributed by atoms with Gasteiger partial charge in [0.05, 0.1) is 6.61 Å². The second-order valence-corrected chi connectivity index (χ2v) is 3.57. The first-order valence-corrected chi connectivity index (χ1v) is 4.20. The predicted octanol–water partition coefficient (Wildman–Crippen LogP) is 2.85. The molecule has 0 aliphatic carbocycles. The molecule has 0 aromatic carbocycles. The van der Waals surface area contributed by atoms with Gasteiger partial charge in [-0.3, -0.25) is 0 Å². The standard InChI is InChI=1S/C9H20O/c1-5-7-10-8-9(3,4)6-2/h5-8H2,1-4H3. The van der Waals surface area contributed by atoms with Gasteiger partial charge in [-0.05, 0) is 18.3 Å². The molecular formula is C9H20O. The van der Waals surface area contributed by atoms with Crippen LogP contribution in [0.1, 0.15) is 40.5 Å². The summed E-state index contributed by atoms with van der Waals surface area (Å²) in [5, 5.41) is 0. The zero-order chi connectivity index (χ0) is 8.04. The normalized spacial score (nSPS) is 12.0. The molecule has 0 radical (unpaired) electrons. The van der Waals surface area contributed by atoms with Crippen LogP contribution >= 0.6 is 0 Å². The molecule has 0 N–H and O–H groups in total. The van der Waals surface area contributed by atoms with E-state index < -0.39 is 0 Å². The van der Waals surface area contributed by atoms with Gasteiger partial charge < -0.3 is 4.74 Å². The molecule has 0 aromatic rings. The summed E-state index contributed by atoms with van der Waals surface area (Å²) >= 11 is 0. The Balaban J connectivity index is 3.28. The van der Waals surface area contributed by atoms with Crippen molar-refractivity contribution in [2.45, 2.75) is 40.5 Å². The highest BCUT2D eigenvalue weighted by atomic mass is 16.5. The maximum Gasteiger partial charge on any atom is 0.0517 e. The molecule has 0 heterocycles. The Kier molecular flexibility index (Phi) is 4.71. The van der Waals surface area contributed by atoms with Crippen LogP contribution in [0.3, 0.4) is 0 Å². The van der Waals surface area contributed by atoms with Crippen molar-refractivity contribution >= 4 is 0 Å². The number of hydrogen-bond acceptors (Lipinski definition) is 1. The summed E-state index contributed by atoms with van der Waals surface area (Å²) in [4.78, 5) is 0. The quantitative estimate of drug-likeness (QED) is 0.539. The average molecular weight is 144 g/mol. The lowest BCUT2D eigenvalue weighted by molar-refractivity contribution is 0.0608. The van der Waals surface area contributed by atoms with E-state index in [1.165, 1.54) is 6.42 Å². The van der Waals surface area contributed by atoms with Crippen LogP contribution in [-0.4, -0.2) is 13.2 Å². The monoisotopic (exact) mass is 144 g/mol. The summed E-state index contributed by atoms with van der Waals surface area (Å²) in [7, 11) is 0. The predicted molar refractivity (Wildman–Crippen MR) is 45.2 cm³/mol. The number of hydrogen-bond donors (Lipinski definition) is 0. The van der Waals surface area contributed by atoms with Gasteiger partial charge in [0.15, 0.2) is 0 Å². The molecule has 0 aliphatic heterocycles. The molecule has 0 fully saturated rings. The van der Waals surface area contributed by atoms with Gasteiger partial charge in [0.2, 0.25) is 0 Å². The minimum atomic E-state index is 0.370. The Bertz CT molecular complexity index is 76.8. The van der Waals surface area contributed by atoms with Crippen LogP contribution in [0.15, 0.2) is 0 Å². The molecule has 0 aromatic heterocycles. The first kappa shape index (κ1) is 9.96. The zero-order valence-corrected chi connectivity index (χ0v) is 7.74. The summed E-state index contributed by atoms with van der Waals surface area (Å²) in [5.41, 5.74) is 0.370. The van der Waals surface area contributed by atoms with Gasteiger partial charge in [0.1, 0.15) is 0 Å². The van der Waals surface area contributed by atoms with Crippen molar-refractivity contribution in [3.05, 3.63) is 0 Å². The molecule has 0 spiro atoms. The van der Waals surface area contributed by atoms with E-state index in [2.05, 4.69) is 27.7 Å². The lowest BCUT2D eigenvalue weighted by Crippen LogP contribution is -2.18. The van der Waals surface area contributed by atoms with Crippen molar-refractivity contribution in [3.8, 4) is 0 Å². The molecule has 0 saturated heterocycles. The van der Waals surface area contributed by atoms with Crippen molar-refractivity contribution in [1.29, 1.82) is 0 Å². The van der Waals surface area contributed by atoms with Crippen LogP contribution in [0.5, 0.6) is 0 Å². The lowest BCUT2D eigenvalue weighted by Gasteiger charge is -2.21. The van der Waals surface area contributed by atoms with Crippen LogP contribution in [-0.2, 0) is 4.74 Å². The van der Waals surface area contributed by atoms with E-state index in [1.807, 2.05) is 0 Å². The zero-order valence-electron chi connectivity index (χ0n) is 7.74. The third-order valence-corrected chi connectivity index (χ3v) is 1.80. The van der Waals surface area contributed by atoms with Crippen LogP contribution in [0.25, 0.3) is 0 Å². The Hall–Kier alpha value is -0.0400. The maximum absolute atomic E-state index is 5.44. The minimum absolute atomic E-state index is 0.370. The Labute approximate surface area is 64.8 Å². The van der Waals surface area contributed by atoms with E-state index in [0.717, 1.165) is 19.6 Å².